The molecule has 0 aliphatic rings. The van der Waals surface area contributed by atoms with Gasteiger partial charge in [-0.2, -0.15) is 0 Å². The maximum absolute atomic E-state index is 11.8. The van der Waals surface area contributed by atoms with Crippen LogP contribution in [0.1, 0.15) is 12.5 Å². The topological polar surface area (TPSA) is 50.4 Å². The van der Waals surface area contributed by atoms with E-state index in [9.17, 15) is 4.79 Å². The van der Waals surface area contributed by atoms with E-state index in [2.05, 4.69) is 10.6 Å². The van der Waals surface area contributed by atoms with Crippen molar-refractivity contribution in [1.29, 1.82) is 0 Å². The van der Waals surface area contributed by atoms with Crippen molar-refractivity contribution >= 4 is 11.7 Å². The molecule has 4 heteroatoms. The van der Waals surface area contributed by atoms with E-state index in [4.69, 9.17) is 4.74 Å². The van der Waals surface area contributed by atoms with Gasteiger partial charge < -0.3 is 15.4 Å². The monoisotopic (exact) mass is 284 g/mol. The maximum atomic E-state index is 11.8. The van der Waals surface area contributed by atoms with Crippen LogP contribution in [-0.2, 0) is 0 Å². The Morgan fingerprint density at radius 1 is 1.10 bits per heavy atom. The van der Waals surface area contributed by atoms with Crippen molar-refractivity contribution in [2.24, 2.45) is 0 Å². The Hall–Kier alpha value is -2.49. The van der Waals surface area contributed by atoms with Crippen molar-refractivity contribution in [1.82, 2.24) is 5.32 Å². The van der Waals surface area contributed by atoms with Gasteiger partial charge in [0.1, 0.15) is 12.4 Å². The number of amides is 2. The van der Waals surface area contributed by atoms with Crippen LogP contribution in [0.3, 0.4) is 0 Å². The van der Waals surface area contributed by atoms with E-state index >= 15 is 0 Å². The molecule has 0 aliphatic heterocycles. The molecule has 0 unspecified atom stereocenters. The van der Waals surface area contributed by atoms with E-state index in [0.29, 0.717) is 6.61 Å². The van der Waals surface area contributed by atoms with E-state index < -0.39 is 0 Å². The highest BCUT2D eigenvalue weighted by molar-refractivity contribution is 5.89. The third-order valence-electron chi connectivity index (χ3n) is 2.93. The third kappa shape index (κ3) is 5.18. The molecule has 0 saturated carbocycles. The number of nitrogens with one attached hydrogen (secondary N) is 2. The first-order valence-corrected chi connectivity index (χ1v) is 6.95. The molecule has 2 rings (SSSR count). The molecule has 21 heavy (non-hydrogen) atoms. The molecule has 1 atom stereocenters. The molecule has 110 valence electrons. The van der Waals surface area contributed by atoms with E-state index in [1.165, 1.54) is 5.56 Å². The van der Waals surface area contributed by atoms with Gasteiger partial charge in [-0.1, -0.05) is 35.9 Å². The summed E-state index contributed by atoms with van der Waals surface area (Å²) in [7, 11) is 0. The Morgan fingerprint density at radius 3 is 2.43 bits per heavy atom. The van der Waals surface area contributed by atoms with Gasteiger partial charge in [0.05, 0.1) is 6.04 Å². The molecule has 0 aromatic heterocycles. The van der Waals surface area contributed by atoms with E-state index in [-0.39, 0.29) is 12.1 Å². The molecule has 2 amide bonds. The van der Waals surface area contributed by atoms with Crippen LogP contribution in [0.2, 0.25) is 0 Å². The lowest BCUT2D eigenvalue weighted by atomic mass is 10.2. The molecule has 0 radical (unpaired) electrons. The van der Waals surface area contributed by atoms with Crippen molar-refractivity contribution in [2.75, 3.05) is 11.9 Å². The minimum atomic E-state index is -0.235. The number of urea groups is 1. The summed E-state index contributed by atoms with van der Waals surface area (Å²) in [6.45, 7) is 4.35. The maximum Gasteiger partial charge on any atom is 0.319 e. The number of carbonyl (C=O) groups excluding carboxylic acids is 1. The summed E-state index contributed by atoms with van der Waals surface area (Å²) < 4.78 is 5.63. The first kappa shape index (κ1) is 14.9. The van der Waals surface area contributed by atoms with Crippen LogP contribution in [-0.4, -0.2) is 18.7 Å². The summed E-state index contributed by atoms with van der Waals surface area (Å²) in [5, 5.41) is 5.61. The zero-order chi connectivity index (χ0) is 15.1. The number of para-hydroxylation sites is 1. The van der Waals surface area contributed by atoms with Gasteiger partial charge in [0, 0.05) is 5.69 Å². The Kier molecular flexibility index (Phi) is 5.21. The highest BCUT2D eigenvalue weighted by Gasteiger charge is 2.08. The van der Waals surface area contributed by atoms with E-state index in [0.717, 1.165) is 11.4 Å². The molecule has 0 bridgehead atoms. The lowest BCUT2D eigenvalue weighted by Crippen LogP contribution is -2.39. The van der Waals surface area contributed by atoms with Crippen LogP contribution in [0, 0.1) is 6.92 Å². The average molecular weight is 284 g/mol. The van der Waals surface area contributed by atoms with Gasteiger partial charge in [-0.15, -0.1) is 0 Å². The van der Waals surface area contributed by atoms with Gasteiger partial charge in [0.15, 0.2) is 0 Å². The number of rotatable bonds is 5. The van der Waals surface area contributed by atoms with Gasteiger partial charge >= 0.3 is 6.03 Å². The zero-order valence-electron chi connectivity index (χ0n) is 12.3. The highest BCUT2D eigenvalue weighted by Crippen LogP contribution is 2.11. The predicted octanol–water partition coefficient (Wildman–Crippen LogP) is 3.58. The lowest BCUT2D eigenvalue weighted by Gasteiger charge is -2.15. The van der Waals surface area contributed by atoms with Crippen molar-refractivity contribution in [3.63, 3.8) is 0 Å². The van der Waals surface area contributed by atoms with Crippen molar-refractivity contribution in [3.05, 3.63) is 60.2 Å². The molecule has 4 nitrogen and oxygen atoms in total. The summed E-state index contributed by atoms with van der Waals surface area (Å²) in [6, 6.07) is 16.8. The standard InChI is InChI=1S/C17H20N2O2/c1-13-8-10-16(11-9-13)21-12-14(2)18-17(20)19-15-6-4-3-5-7-15/h3-11,14H,12H2,1-2H3,(H2,18,19,20)/t14-/m0/s1. The number of benzene rings is 2. The summed E-state index contributed by atoms with van der Waals surface area (Å²) in [4.78, 5) is 11.8. The fourth-order valence-electron chi connectivity index (χ4n) is 1.81. The summed E-state index contributed by atoms with van der Waals surface area (Å²) in [6.07, 6.45) is 0. The number of ether oxygens (including phenoxy) is 1. The molecule has 2 aromatic carbocycles. The first-order valence-electron chi connectivity index (χ1n) is 6.95. The van der Waals surface area contributed by atoms with Crippen molar-refractivity contribution in [3.8, 4) is 5.75 Å². The molecule has 0 heterocycles. The lowest BCUT2D eigenvalue weighted by molar-refractivity contribution is 0.236. The minimum absolute atomic E-state index is 0.0879. The second kappa shape index (κ2) is 7.33. The molecule has 0 saturated heterocycles. The predicted molar refractivity (Wildman–Crippen MR) is 84.7 cm³/mol. The highest BCUT2D eigenvalue weighted by atomic mass is 16.5. The molecule has 0 aliphatic carbocycles. The van der Waals surface area contributed by atoms with E-state index in [1.54, 1.807) is 0 Å². The zero-order valence-corrected chi connectivity index (χ0v) is 12.3. The van der Waals surface area contributed by atoms with Crippen LogP contribution in [0.5, 0.6) is 5.75 Å². The molecular weight excluding hydrogens is 264 g/mol. The summed E-state index contributed by atoms with van der Waals surface area (Å²) in [5.41, 5.74) is 1.96. The average Bonchev–Trinajstić information content (AvgIpc) is 2.47. The molecular formula is C17H20N2O2. The number of hydrogen-bond acceptors (Lipinski definition) is 2. The number of carbonyl (C=O) groups is 1. The quantitative estimate of drug-likeness (QED) is 0.881. The SMILES string of the molecule is Cc1ccc(OC[C@H](C)NC(=O)Nc2ccccc2)cc1. The minimum Gasteiger partial charge on any atom is -0.491 e. The smallest absolute Gasteiger partial charge is 0.319 e. The van der Waals surface area contributed by atoms with Crippen LogP contribution in [0.25, 0.3) is 0 Å². The van der Waals surface area contributed by atoms with Crippen LogP contribution < -0.4 is 15.4 Å². The largest absolute Gasteiger partial charge is 0.491 e. The third-order valence-corrected chi connectivity index (χ3v) is 2.93. The van der Waals surface area contributed by atoms with Crippen LogP contribution in [0.4, 0.5) is 10.5 Å². The summed E-state index contributed by atoms with van der Waals surface area (Å²) >= 11 is 0. The first-order chi connectivity index (χ1) is 10.1. The number of hydrogen-bond donors (Lipinski definition) is 2. The fourth-order valence-corrected chi connectivity index (χ4v) is 1.81. The Morgan fingerprint density at radius 2 is 1.76 bits per heavy atom. The molecule has 2 N–H and O–H groups in total. The fraction of sp³-hybridized carbons (Fsp3) is 0.235. The molecule has 0 spiro atoms. The number of anilines is 1. The second-order valence-corrected chi connectivity index (χ2v) is 4.99. The van der Waals surface area contributed by atoms with Crippen LogP contribution >= 0.6 is 0 Å². The van der Waals surface area contributed by atoms with Gasteiger partial charge in [0.25, 0.3) is 0 Å². The van der Waals surface area contributed by atoms with Gasteiger partial charge in [0.2, 0.25) is 0 Å². The second-order valence-electron chi connectivity index (χ2n) is 4.99. The van der Waals surface area contributed by atoms with Gasteiger partial charge in [-0.25, -0.2) is 4.79 Å². The van der Waals surface area contributed by atoms with Gasteiger partial charge in [-0.3, -0.25) is 0 Å². The Balaban J connectivity index is 1.75. The van der Waals surface area contributed by atoms with Crippen LogP contribution in [0.15, 0.2) is 54.6 Å². The summed E-state index contributed by atoms with van der Waals surface area (Å²) in [5.74, 6) is 0.803. The molecule has 2 aromatic rings. The van der Waals surface area contributed by atoms with Crippen molar-refractivity contribution < 1.29 is 9.53 Å². The Bertz CT molecular complexity index is 567. The van der Waals surface area contributed by atoms with Gasteiger partial charge in [-0.05, 0) is 38.1 Å². The van der Waals surface area contributed by atoms with Crippen molar-refractivity contribution in [2.45, 2.75) is 19.9 Å². The molecule has 0 fully saturated rings. The normalized spacial score (nSPS) is 11.5. The van der Waals surface area contributed by atoms with E-state index in [1.807, 2.05) is 68.4 Å². The number of aryl methyl sites for hydroxylation is 1. The Labute approximate surface area is 125 Å².